The van der Waals surface area contributed by atoms with Crippen LogP contribution in [0.25, 0.3) is 0 Å². The van der Waals surface area contributed by atoms with E-state index in [0.29, 0.717) is 7.18 Å². The first-order valence-electron chi connectivity index (χ1n) is 6.15. The number of carbonyl (C=O) groups is 1. The Kier molecular flexibility index (Phi) is 28.9. The van der Waals surface area contributed by atoms with Crippen LogP contribution in [0.5, 0.6) is 0 Å². The van der Waals surface area contributed by atoms with Crippen LogP contribution in [0.15, 0.2) is 12.7 Å². The van der Waals surface area contributed by atoms with Gasteiger partial charge in [-0.05, 0) is 20.3 Å². The molecule has 0 fully saturated rings. The molecule has 1 unspecified atom stereocenters. The van der Waals surface area contributed by atoms with Gasteiger partial charge in [-0.3, -0.25) is 8.78 Å². The normalized spacial score (nSPS) is 10.5. The number of ether oxygens (including phenoxy) is 2. The van der Waals surface area contributed by atoms with E-state index in [1.807, 2.05) is 13.8 Å². The third-order valence-corrected chi connectivity index (χ3v) is 1.45. The minimum Gasteiger partial charge on any atom is -0.435 e. The van der Waals surface area contributed by atoms with Gasteiger partial charge in [-0.25, -0.2) is 9.18 Å². The highest BCUT2D eigenvalue weighted by Gasteiger charge is 2.26. The summed E-state index contributed by atoms with van der Waals surface area (Å²) in [6.07, 6.45) is -2.47. The predicted molar refractivity (Wildman–Crippen MR) is 72.7 cm³/mol. The maximum absolute atomic E-state index is 10.5. The van der Waals surface area contributed by atoms with E-state index in [9.17, 15) is 31.1 Å². The third-order valence-electron chi connectivity index (χ3n) is 1.45. The molecule has 0 aliphatic rings. The molecule has 22 heavy (non-hydrogen) atoms. The molecule has 1 atom stereocenters. The summed E-state index contributed by atoms with van der Waals surface area (Å²) >= 11 is 0. The standard InChI is InChI=1S/C8H14O3.C2H2F4.C2H5F.CH3F/c1-4-7(3)10-6-11-8(9)5-2;3-1-2(4,5)6;1-2-3;1-2/h5,7H,2,4,6H2,1,3H3;1H2;2H2,1H3;1H3. The summed E-state index contributed by atoms with van der Waals surface area (Å²) in [5, 5.41) is 0. The van der Waals surface area contributed by atoms with Crippen molar-refractivity contribution in [3.05, 3.63) is 12.7 Å². The quantitative estimate of drug-likeness (QED) is 0.318. The van der Waals surface area contributed by atoms with Crippen LogP contribution in [0.1, 0.15) is 27.2 Å². The fourth-order valence-electron chi connectivity index (χ4n) is 0.385. The van der Waals surface area contributed by atoms with Crippen LogP contribution in [0, 0.1) is 0 Å². The molecule has 9 heteroatoms. The van der Waals surface area contributed by atoms with Gasteiger partial charge in [0.2, 0.25) is 0 Å². The Morgan fingerprint density at radius 2 is 1.59 bits per heavy atom. The number of hydrogen-bond donors (Lipinski definition) is 0. The molecular formula is C13H24F6O3. The predicted octanol–water partition coefficient (Wildman–Crippen LogP) is 4.57. The lowest BCUT2D eigenvalue weighted by atomic mass is 10.3. The van der Waals surface area contributed by atoms with Crippen LogP contribution in [-0.4, -0.2) is 45.6 Å². The third kappa shape index (κ3) is 42.8. The van der Waals surface area contributed by atoms with E-state index in [4.69, 9.17) is 4.74 Å². The van der Waals surface area contributed by atoms with Gasteiger partial charge in [0, 0.05) is 6.08 Å². The highest BCUT2D eigenvalue weighted by Crippen LogP contribution is 2.13. The van der Waals surface area contributed by atoms with Crippen molar-refractivity contribution in [1.82, 2.24) is 0 Å². The maximum atomic E-state index is 10.5. The zero-order valence-corrected chi connectivity index (χ0v) is 13.2. The van der Waals surface area contributed by atoms with Gasteiger partial charge in [0.15, 0.2) is 13.5 Å². The summed E-state index contributed by atoms with van der Waals surface area (Å²) in [6, 6.07) is 0. The lowest BCUT2D eigenvalue weighted by Gasteiger charge is -2.09. The van der Waals surface area contributed by atoms with Crippen LogP contribution >= 0.6 is 0 Å². The van der Waals surface area contributed by atoms with Crippen molar-refractivity contribution in [2.45, 2.75) is 39.5 Å². The molecule has 0 aromatic carbocycles. The number of esters is 1. The lowest BCUT2D eigenvalue weighted by molar-refractivity contribution is -0.154. The Morgan fingerprint density at radius 1 is 1.23 bits per heavy atom. The van der Waals surface area contributed by atoms with Crippen LogP contribution in [-0.2, 0) is 14.3 Å². The van der Waals surface area contributed by atoms with Crippen LogP contribution in [0.3, 0.4) is 0 Å². The van der Waals surface area contributed by atoms with Gasteiger partial charge < -0.3 is 9.47 Å². The van der Waals surface area contributed by atoms with E-state index in [-0.39, 0.29) is 19.6 Å². The maximum Gasteiger partial charge on any atom is 0.416 e. The van der Waals surface area contributed by atoms with Crippen molar-refractivity contribution in [2.75, 3.05) is 27.3 Å². The van der Waals surface area contributed by atoms with Gasteiger partial charge in [-0.2, -0.15) is 13.2 Å². The van der Waals surface area contributed by atoms with Gasteiger partial charge in [-0.15, -0.1) is 0 Å². The highest BCUT2D eigenvalue weighted by atomic mass is 19.4. The molecule has 0 bridgehead atoms. The molecule has 136 valence electrons. The first kappa shape index (κ1) is 28.8. The topological polar surface area (TPSA) is 35.5 Å². The molecule has 0 aromatic rings. The van der Waals surface area contributed by atoms with Crippen molar-refractivity contribution in [1.29, 1.82) is 0 Å². The SMILES string of the molecule is C=CC(=O)OCOC(C)CC.CCF.CF.FCC(F)(F)F. The van der Waals surface area contributed by atoms with Gasteiger partial charge in [0.05, 0.1) is 20.0 Å². The van der Waals surface area contributed by atoms with Crippen molar-refractivity contribution < 1.29 is 40.6 Å². The highest BCUT2D eigenvalue weighted by molar-refractivity contribution is 5.81. The minimum absolute atomic E-state index is 0.0137. The van der Waals surface area contributed by atoms with E-state index < -0.39 is 18.8 Å². The van der Waals surface area contributed by atoms with Crippen molar-refractivity contribution in [2.24, 2.45) is 0 Å². The van der Waals surface area contributed by atoms with Crippen molar-refractivity contribution in [3.63, 3.8) is 0 Å². The molecule has 0 spiro atoms. The van der Waals surface area contributed by atoms with Gasteiger partial charge in [-0.1, -0.05) is 13.5 Å². The number of carbonyl (C=O) groups excluding carboxylic acids is 1. The average Bonchev–Trinajstić information content (AvgIpc) is 2.49. The fraction of sp³-hybridized carbons (Fsp3) is 0.769. The van der Waals surface area contributed by atoms with Crippen LogP contribution < -0.4 is 0 Å². The number of hydrogen-bond acceptors (Lipinski definition) is 3. The molecule has 0 aromatic heterocycles. The Balaban J connectivity index is -0.000000124. The van der Waals surface area contributed by atoms with Gasteiger partial charge >= 0.3 is 12.1 Å². The fourth-order valence-corrected chi connectivity index (χ4v) is 0.385. The zero-order chi connectivity index (χ0) is 18.6. The molecule has 0 rings (SSSR count). The first-order chi connectivity index (χ1) is 10.2. The summed E-state index contributed by atoms with van der Waals surface area (Å²) in [6.45, 7) is 6.16. The largest absolute Gasteiger partial charge is 0.435 e. The summed E-state index contributed by atoms with van der Waals surface area (Å²) < 4.78 is 71.1. The zero-order valence-electron chi connectivity index (χ0n) is 13.2. The van der Waals surface area contributed by atoms with E-state index in [1.54, 1.807) is 0 Å². The van der Waals surface area contributed by atoms with E-state index in [0.717, 1.165) is 12.5 Å². The van der Waals surface area contributed by atoms with Crippen molar-refractivity contribution >= 4 is 5.97 Å². The summed E-state index contributed by atoms with van der Waals surface area (Å²) in [5.74, 6) is -0.451. The smallest absolute Gasteiger partial charge is 0.416 e. The molecular weight excluding hydrogens is 318 g/mol. The molecule has 0 saturated heterocycles. The van der Waals surface area contributed by atoms with Gasteiger partial charge in [0.1, 0.15) is 0 Å². The van der Waals surface area contributed by atoms with Gasteiger partial charge in [0.25, 0.3) is 0 Å². The van der Waals surface area contributed by atoms with Crippen molar-refractivity contribution in [3.8, 4) is 0 Å². The molecule has 0 aliphatic heterocycles. The molecule has 0 aliphatic carbocycles. The van der Waals surface area contributed by atoms with Crippen LogP contribution in [0.4, 0.5) is 26.3 Å². The Bertz CT molecular complexity index is 234. The average molecular weight is 342 g/mol. The molecule has 3 nitrogen and oxygen atoms in total. The number of rotatable bonds is 5. The first-order valence-corrected chi connectivity index (χ1v) is 6.15. The van der Waals surface area contributed by atoms with E-state index in [1.165, 1.54) is 6.92 Å². The van der Waals surface area contributed by atoms with E-state index >= 15 is 0 Å². The monoisotopic (exact) mass is 342 g/mol. The lowest BCUT2D eigenvalue weighted by Crippen LogP contribution is -2.12. The molecule has 0 radical (unpaired) electrons. The second kappa shape index (κ2) is 22.0. The van der Waals surface area contributed by atoms with E-state index in [2.05, 4.69) is 11.3 Å². The summed E-state index contributed by atoms with van der Waals surface area (Å²) in [5.41, 5.74) is 0. The second-order valence-electron chi connectivity index (χ2n) is 3.19. The minimum atomic E-state index is -4.62. The summed E-state index contributed by atoms with van der Waals surface area (Å²) in [7, 11) is 0.500. The molecule has 0 heterocycles. The Hall–Kier alpha value is -1.25. The number of halogens is 6. The molecule has 0 amide bonds. The Labute approximate surface area is 127 Å². The summed E-state index contributed by atoms with van der Waals surface area (Å²) in [4.78, 5) is 10.5. The second-order valence-corrected chi connectivity index (χ2v) is 3.19. The van der Waals surface area contributed by atoms with Crippen LogP contribution in [0.2, 0.25) is 0 Å². The Morgan fingerprint density at radius 3 is 1.82 bits per heavy atom. The number of alkyl halides is 6. The molecule has 0 N–H and O–H groups in total. The molecule has 0 saturated carbocycles.